The molecule has 3 heteroatoms. The van der Waals surface area contributed by atoms with Crippen LogP contribution >= 0.6 is 0 Å². The molecule has 2 N–H and O–H groups in total. The fraction of sp³-hybridized carbons (Fsp3) is 0.154. The Bertz CT molecular complexity index is 466. The lowest BCUT2D eigenvalue weighted by atomic mass is 10.2. The summed E-state index contributed by atoms with van der Waals surface area (Å²) in [6.07, 6.45) is 1.75. The average Bonchev–Trinajstić information content (AvgIpc) is 2.33. The van der Waals surface area contributed by atoms with E-state index in [-0.39, 0.29) is 0 Å². The number of hydrogen-bond acceptors (Lipinski definition) is 3. The fourth-order valence-corrected chi connectivity index (χ4v) is 1.40. The zero-order valence-electron chi connectivity index (χ0n) is 9.18. The third-order valence-electron chi connectivity index (χ3n) is 2.35. The third-order valence-corrected chi connectivity index (χ3v) is 2.35. The number of nitrogens with zero attached hydrogens (tertiary/aromatic N) is 1. The monoisotopic (exact) mass is 214 g/mol. The minimum absolute atomic E-state index is 0.548. The van der Waals surface area contributed by atoms with Gasteiger partial charge in [-0.25, -0.2) is 0 Å². The largest absolute Gasteiger partial charge is 0.455 e. The number of nitrogens with two attached hydrogens (primary N) is 1. The zero-order chi connectivity index (χ0) is 11.4. The van der Waals surface area contributed by atoms with Gasteiger partial charge in [-0.1, -0.05) is 12.1 Å². The molecular formula is C13H14N2O. The van der Waals surface area contributed by atoms with Gasteiger partial charge in [0.25, 0.3) is 0 Å². The minimum atomic E-state index is 0.548. The van der Waals surface area contributed by atoms with Crippen LogP contribution in [0.25, 0.3) is 0 Å². The topological polar surface area (TPSA) is 48.1 Å². The lowest BCUT2D eigenvalue weighted by molar-refractivity contribution is 0.475. The second-order valence-electron chi connectivity index (χ2n) is 3.54. The first-order chi connectivity index (χ1) is 7.79. The van der Waals surface area contributed by atoms with E-state index >= 15 is 0 Å². The predicted octanol–water partition coefficient (Wildman–Crippen LogP) is 2.64. The van der Waals surface area contributed by atoms with Crippen LogP contribution < -0.4 is 10.5 Å². The predicted molar refractivity (Wildman–Crippen MR) is 63.4 cm³/mol. The standard InChI is InChI=1S/C13H14N2O/c1-10-13(3-2-8-15-10)16-12-6-4-11(9-14)5-7-12/h2-8H,9,14H2,1H3. The van der Waals surface area contributed by atoms with Crippen molar-refractivity contribution in [3.05, 3.63) is 53.9 Å². The van der Waals surface area contributed by atoms with Crippen molar-refractivity contribution in [2.24, 2.45) is 5.73 Å². The Morgan fingerprint density at radius 3 is 2.56 bits per heavy atom. The number of ether oxygens (including phenoxy) is 1. The SMILES string of the molecule is Cc1ncccc1Oc1ccc(CN)cc1. The van der Waals surface area contributed by atoms with E-state index < -0.39 is 0 Å². The summed E-state index contributed by atoms with van der Waals surface area (Å²) in [5.41, 5.74) is 7.50. The molecule has 0 spiro atoms. The number of benzene rings is 1. The van der Waals surface area contributed by atoms with Crippen molar-refractivity contribution in [2.75, 3.05) is 0 Å². The maximum atomic E-state index is 5.71. The van der Waals surface area contributed by atoms with Gasteiger partial charge in [0.2, 0.25) is 0 Å². The van der Waals surface area contributed by atoms with Crippen LogP contribution in [-0.4, -0.2) is 4.98 Å². The summed E-state index contributed by atoms with van der Waals surface area (Å²) in [7, 11) is 0. The van der Waals surface area contributed by atoms with Gasteiger partial charge in [-0.3, -0.25) is 4.98 Å². The highest BCUT2D eigenvalue weighted by Gasteiger charge is 2.00. The summed E-state index contributed by atoms with van der Waals surface area (Å²) in [4.78, 5) is 4.16. The van der Waals surface area contributed by atoms with E-state index in [2.05, 4.69) is 4.98 Å². The van der Waals surface area contributed by atoms with Gasteiger partial charge in [0, 0.05) is 12.7 Å². The van der Waals surface area contributed by atoms with E-state index in [9.17, 15) is 0 Å². The molecule has 1 aromatic carbocycles. The fourth-order valence-electron chi connectivity index (χ4n) is 1.40. The smallest absolute Gasteiger partial charge is 0.148 e. The Hall–Kier alpha value is -1.87. The van der Waals surface area contributed by atoms with Crippen LogP contribution in [0.1, 0.15) is 11.3 Å². The van der Waals surface area contributed by atoms with Crippen LogP contribution in [0.3, 0.4) is 0 Å². The van der Waals surface area contributed by atoms with Crippen molar-refractivity contribution in [3.8, 4) is 11.5 Å². The molecule has 0 aliphatic carbocycles. The molecule has 0 radical (unpaired) electrons. The first-order valence-corrected chi connectivity index (χ1v) is 5.18. The van der Waals surface area contributed by atoms with E-state index in [1.54, 1.807) is 6.20 Å². The highest BCUT2D eigenvalue weighted by Crippen LogP contribution is 2.23. The number of rotatable bonds is 3. The van der Waals surface area contributed by atoms with Gasteiger partial charge in [-0.2, -0.15) is 0 Å². The molecule has 0 amide bonds. The van der Waals surface area contributed by atoms with Crippen molar-refractivity contribution in [1.29, 1.82) is 0 Å². The molecule has 16 heavy (non-hydrogen) atoms. The van der Waals surface area contributed by atoms with Gasteiger partial charge in [0.05, 0.1) is 5.69 Å². The maximum Gasteiger partial charge on any atom is 0.148 e. The van der Waals surface area contributed by atoms with E-state index in [0.717, 1.165) is 22.8 Å². The van der Waals surface area contributed by atoms with Crippen molar-refractivity contribution >= 4 is 0 Å². The lowest BCUT2D eigenvalue weighted by Crippen LogP contribution is -1.95. The quantitative estimate of drug-likeness (QED) is 0.854. The highest BCUT2D eigenvalue weighted by atomic mass is 16.5. The molecule has 0 saturated carbocycles. The summed E-state index contributed by atoms with van der Waals surface area (Å²) in [5.74, 6) is 1.58. The number of aryl methyl sites for hydroxylation is 1. The highest BCUT2D eigenvalue weighted by molar-refractivity contribution is 5.34. The Balaban J connectivity index is 2.18. The molecule has 1 heterocycles. The molecule has 0 saturated heterocycles. The summed E-state index contributed by atoms with van der Waals surface area (Å²) >= 11 is 0. The number of pyridine rings is 1. The van der Waals surface area contributed by atoms with Crippen molar-refractivity contribution in [1.82, 2.24) is 4.98 Å². The Kier molecular flexibility index (Phi) is 3.17. The van der Waals surface area contributed by atoms with Crippen LogP contribution in [-0.2, 0) is 6.54 Å². The third kappa shape index (κ3) is 2.38. The molecule has 82 valence electrons. The Labute approximate surface area is 94.9 Å². The first-order valence-electron chi connectivity index (χ1n) is 5.18. The molecular weight excluding hydrogens is 200 g/mol. The van der Waals surface area contributed by atoms with Crippen molar-refractivity contribution in [3.63, 3.8) is 0 Å². The molecule has 3 nitrogen and oxygen atoms in total. The zero-order valence-corrected chi connectivity index (χ0v) is 9.18. The molecule has 0 atom stereocenters. The van der Waals surface area contributed by atoms with Crippen LogP contribution in [0.2, 0.25) is 0 Å². The van der Waals surface area contributed by atoms with E-state index in [4.69, 9.17) is 10.5 Å². The summed E-state index contributed by atoms with van der Waals surface area (Å²) < 4.78 is 5.71. The van der Waals surface area contributed by atoms with E-state index in [1.165, 1.54) is 0 Å². The molecule has 2 rings (SSSR count). The second kappa shape index (κ2) is 4.77. The van der Waals surface area contributed by atoms with E-state index in [1.807, 2.05) is 43.3 Å². The second-order valence-corrected chi connectivity index (χ2v) is 3.54. The van der Waals surface area contributed by atoms with Gasteiger partial charge < -0.3 is 10.5 Å². The normalized spacial score (nSPS) is 10.1. The first kappa shape index (κ1) is 10.6. The molecule has 0 bridgehead atoms. The summed E-state index contributed by atoms with van der Waals surface area (Å²) in [6, 6.07) is 11.5. The minimum Gasteiger partial charge on any atom is -0.455 e. The summed E-state index contributed by atoms with van der Waals surface area (Å²) in [5, 5.41) is 0. The lowest BCUT2D eigenvalue weighted by Gasteiger charge is -2.07. The van der Waals surface area contributed by atoms with Gasteiger partial charge >= 0.3 is 0 Å². The van der Waals surface area contributed by atoms with Gasteiger partial charge in [0.15, 0.2) is 0 Å². The van der Waals surface area contributed by atoms with Gasteiger partial charge in [-0.05, 0) is 36.8 Å². The Morgan fingerprint density at radius 1 is 1.19 bits per heavy atom. The van der Waals surface area contributed by atoms with Crippen LogP contribution in [0.4, 0.5) is 0 Å². The van der Waals surface area contributed by atoms with Crippen molar-refractivity contribution in [2.45, 2.75) is 13.5 Å². The molecule has 1 aromatic heterocycles. The molecule has 0 fully saturated rings. The van der Waals surface area contributed by atoms with Crippen molar-refractivity contribution < 1.29 is 4.74 Å². The molecule has 0 unspecified atom stereocenters. The number of hydrogen-bond donors (Lipinski definition) is 1. The van der Waals surface area contributed by atoms with Gasteiger partial charge in [-0.15, -0.1) is 0 Å². The maximum absolute atomic E-state index is 5.71. The van der Waals surface area contributed by atoms with E-state index in [0.29, 0.717) is 6.54 Å². The molecule has 2 aromatic rings. The van der Waals surface area contributed by atoms with Crippen LogP contribution in [0, 0.1) is 6.92 Å². The summed E-state index contributed by atoms with van der Waals surface area (Å²) in [6.45, 7) is 2.47. The number of aromatic nitrogens is 1. The van der Waals surface area contributed by atoms with Gasteiger partial charge in [0.1, 0.15) is 11.5 Å². The average molecular weight is 214 g/mol. The van der Waals surface area contributed by atoms with Crippen LogP contribution in [0.5, 0.6) is 11.5 Å². The molecule has 0 aliphatic heterocycles. The molecule has 0 aliphatic rings. The Morgan fingerprint density at radius 2 is 1.94 bits per heavy atom. The van der Waals surface area contributed by atoms with Crippen LogP contribution in [0.15, 0.2) is 42.6 Å².